The third kappa shape index (κ3) is 8.59. The van der Waals surface area contributed by atoms with Crippen molar-refractivity contribution in [3.63, 3.8) is 0 Å². The number of nitrogens with zero attached hydrogens (tertiary/aromatic N) is 1. The van der Waals surface area contributed by atoms with E-state index in [0.717, 1.165) is 10.8 Å². The molecule has 7 nitrogen and oxygen atoms in total. The van der Waals surface area contributed by atoms with E-state index in [4.69, 9.17) is 11.2 Å². The van der Waals surface area contributed by atoms with E-state index in [-0.39, 0.29) is 17.7 Å². The van der Waals surface area contributed by atoms with Crippen molar-refractivity contribution in [3.8, 4) is 12.3 Å². The summed E-state index contributed by atoms with van der Waals surface area (Å²) in [4.78, 5) is 43.0. The topological polar surface area (TPSA) is 87.7 Å². The van der Waals surface area contributed by atoms with E-state index in [2.05, 4.69) is 16.6 Å². The van der Waals surface area contributed by atoms with Gasteiger partial charge in [-0.25, -0.2) is 4.79 Å². The molecule has 0 aromatic heterocycles. The Morgan fingerprint density at radius 3 is 2.07 bits per heavy atom. The summed E-state index contributed by atoms with van der Waals surface area (Å²) in [7, 11) is 0. The van der Waals surface area contributed by atoms with Crippen molar-refractivity contribution in [2.75, 3.05) is 5.32 Å². The molecule has 0 saturated carbocycles. The SMILES string of the molecule is C#Cc1ccc(C(C(=O)Nc2ccc3ccccc3c2)N(C(=O)C(CC(C)C)NC(=O)OC(C)(C)C)C(C)(C)C)cc1. The lowest BCUT2D eigenvalue weighted by Crippen LogP contribution is -2.58. The van der Waals surface area contributed by atoms with Gasteiger partial charge in [-0.1, -0.05) is 62.2 Å². The fourth-order valence-electron chi connectivity index (χ4n) is 4.81. The van der Waals surface area contributed by atoms with Gasteiger partial charge in [0, 0.05) is 16.8 Å². The van der Waals surface area contributed by atoms with Gasteiger partial charge in [0.05, 0.1) is 0 Å². The molecule has 2 N–H and O–H groups in total. The van der Waals surface area contributed by atoms with Crippen LogP contribution in [-0.2, 0) is 14.3 Å². The number of hydrogen-bond donors (Lipinski definition) is 2. The number of nitrogens with one attached hydrogen (secondary N) is 2. The Labute approximate surface area is 250 Å². The first kappa shape index (κ1) is 32.2. The van der Waals surface area contributed by atoms with Gasteiger partial charge >= 0.3 is 6.09 Å². The van der Waals surface area contributed by atoms with Crippen LogP contribution in [0.3, 0.4) is 0 Å². The van der Waals surface area contributed by atoms with Crippen LogP contribution in [0.25, 0.3) is 10.8 Å². The van der Waals surface area contributed by atoms with Crippen molar-refractivity contribution in [3.05, 3.63) is 77.9 Å². The Balaban J connectivity index is 2.08. The van der Waals surface area contributed by atoms with Crippen LogP contribution >= 0.6 is 0 Å². The van der Waals surface area contributed by atoms with Crippen LogP contribution in [-0.4, -0.2) is 40.0 Å². The molecule has 3 aromatic rings. The lowest BCUT2D eigenvalue weighted by molar-refractivity contribution is -0.147. The Kier molecular flexibility index (Phi) is 10.1. The lowest BCUT2D eigenvalue weighted by Gasteiger charge is -2.43. The second-order valence-electron chi connectivity index (χ2n) is 12.9. The number of terminal acetylenes is 1. The normalized spacial score (nSPS) is 13.1. The van der Waals surface area contributed by atoms with E-state index in [9.17, 15) is 14.4 Å². The number of hydrogen-bond acceptors (Lipinski definition) is 4. The monoisotopic (exact) mass is 569 g/mol. The minimum Gasteiger partial charge on any atom is -0.444 e. The summed E-state index contributed by atoms with van der Waals surface area (Å²) in [5.41, 5.74) is 0.315. The van der Waals surface area contributed by atoms with Crippen molar-refractivity contribution in [1.29, 1.82) is 0 Å². The molecule has 222 valence electrons. The Bertz CT molecular complexity index is 1460. The molecule has 0 aliphatic carbocycles. The summed E-state index contributed by atoms with van der Waals surface area (Å²) in [6, 6.07) is 18.7. The van der Waals surface area contributed by atoms with Gasteiger partial charge in [0.1, 0.15) is 17.7 Å². The van der Waals surface area contributed by atoms with E-state index in [1.165, 1.54) is 0 Å². The summed E-state index contributed by atoms with van der Waals surface area (Å²) in [6.07, 6.45) is 5.26. The second-order valence-corrected chi connectivity index (χ2v) is 12.9. The third-order valence-electron chi connectivity index (χ3n) is 6.57. The maximum absolute atomic E-state index is 14.4. The average Bonchev–Trinajstić information content (AvgIpc) is 2.89. The van der Waals surface area contributed by atoms with Crippen LogP contribution in [0.15, 0.2) is 66.7 Å². The van der Waals surface area contributed by atoms with Gasteiger partial charge in [-0.15, -0.1) is 6.42 Å². The number of benzene rings is 3. The third-order valence-corrected chi connectivity index (χ3v) is 6.57. The number of fused-ring (bicyclic) bond motifs is 1. The number of carbonyl (C=O) groups is 3. The molecule has 0 saturated heterocycles. The summed E-state index contributed by atoms with van der Waals surface area (Å²) in [5, 5.41) is 7.84. The number of ether oxygens (including phenoxy) is 1. The number of rotatable bonds is 8. The molecular formula is C35H43N3O4. The smallest absolute Gasteiger partial charge is 0.408 e. The van der Waals surface area contributed by atoms with E-state index in [1.54, 1.807) is 49.9 Å². The van der Waals surface area contributed by atoms with Crippen molar-refractivity contribution >= 4 is 34.4 Å². The van der Waals surface area contributed by atoms with Crippen LogP contribution in [0.1, 0.15) is 79.0 Å². The fraction of sp³-hybridized carbons (Fsp3) is 0.400. The van der Waals surface area contributed by atoms with Crippen LogP contribution < -0.4 is 10.6 Å². The van der Waals surface area contributed by atoms with Gasteiger partial charge < -0.3 is 20.3 Å². The number of amides is 3. The van der Waals surface area contributed by atoms with Gasteiger partial charge in [-0.05, 0) is 94.5 Å². The van der Waals surface area contributed by atoms with Crippen LogP contribution in [0.2, 0.25) is 0 Å². The summed E-state index contributed by atoms with van der Waals surface area (Å²) in [6.45, 7) is 14.9. The molecule has 2 unspecified atom stereocenters. The Morgan fingerprint density at radius 1 is 0.905 bits per heavy atom. The fourth-order valence-corrected chi connectivity index (χ4v) is 4.81. The first-order valence-electron chi connectivity index (χ1n) is 14.3. The van der Waals surface area contributed by atoms with Crippen molar-refractivity contribution < 1.29 is 19.1 Å². The molecular weight excluding hydrogens is 526 g/mol. The van der Waals surface area contributed by atoms with Crippen LogP contribution in [0.5, 0.6) is 0 Å². The minimum atomic E-state index is -1.02. The van der Waals surface area contributed by atoms with Crippen molar-refractivity contribution in [2.45, 2.75) is 85.0 Å². The predicted octanol–water partition coefficient (Wildman–Crippen LogP) is 7.07. The van der Waals surface area contributed by atoms with E-state index in [0.29, 0.717) is 23.2 Å². The maximum Gasteiger partial charge on any atom is 0.408 e. The van der Waals surface area contributed by atoms with Gasteiger partial charge in [-0.2, -0.15) is 0 Å². The molecule has 0 aliphatic rings. The van der Waals surface area contributed by atoms with E-state index in [1.807, 2.05) is 77.1 Å². The standard InChI is InChI=1S/C35H43N3O4/c1-10-24-15-17-26(18-16-24)30(31(39)36-28-20-19-25-13-11-12-14-27(25)22-28)38(34(4,5)6)32(40)29(21-23(2)3)37-33(41)42-35(7,8)9/h1,11-20,22-23,29-30H,21H2,2-9H3,(H,36,39)(H,37,41). The zero-order valence-corrected chi connectivity index (χ0v) is 25.9. The maximum atomic E-state index is 14.4. The first-order valence-corrected chi connectivity index (χ1v) is 14.3. The summed E-state index contributed by atoms with van der Waals surface area (Å²) >= 11 is 0. The molecule has 2 atom stereocenters. The lowest BCUT2D eigenvalue weighted by atomic mass is 9.93. The highest BCUT2D eigenvalue weighted by atomic mass is 16.6. The van der Waals surface area contributed by atoms with Crippen LogP contribution in [0.4, 0.5) is 10.5 Å². The molecule has 0 fully saturated rings. The quantitative estimate of drug-likeness (QED) is 0.284. The van der Waals surface area contributed by atoms with E-state index < -0.39 is 29.3 Å². The molecule has 0 spiro atoms. The molecule has 42 heavy (non-hydrogen) atoms. The zero-order chi connectivity index (χ0) is 31.2. The molecule has 7 heteroatoms. The minimum absolute atomic E-state index is 0.0792. The molecule has 3 aromatic carbocycles. The highest BCUT2D eigenvalue weighted by molar-refractivity contribution is 6.00. The Hall–Kier alpha value is -4.31. The number of anilines is 1. The first-order chi connectivity index (χ1) is 19.6. The molecule has 0 bridgehead atoms. The van der Waals surface area contributed by atoms with Gasteiger partial charge in [-0.3, -0.25) is 9.59 Å². The number of alkyl carbamates (subject to hydrolysis) is 1. The summed E-state index contributed by atoms with van der Waals surface area (Å²) in [5.74, 6) is 1.90. The second kappa shape index (κ2) is 13.1. The summed E-state index contributed by atoms with van der Waals surface area (Å²) < 4.78 is 5.48. The number of carbonyl (C=O) groups excluding carboxylic acids is 3. The van der Waals surface area contributed by atoms with Crippen molar-refractivity contribution in [1.82, 2.24) is 10.2 Å². The van der Waals surface area contributed by atoms with Gasteiger partial charge in [0.25, 0.3) is 5.91 Å². The van der Waals surface area contributed by atoms with Crippen LogP contribution in [0, 0.1) is 18.3 Å². The molecule has 0 radical (unpaired) electrons. The molecule has 3 rings (SSSR count). The van der Waals surface area contributed by atoms with Crippen molar-refractivity contribution in [2.24, 2.45) is 5.92 Å². The van der Waals surface area contributed by atoms with Gasteiger partial charge in [0.2, 0.25) is 5.91 Å². The predicted molar refractivity (Wildman–Crippen MR) is 169 cm³/mol. The largest absolute Gasteiger partial charge is 0.444 e. The highest BCUT2D eigenvalue weighted by Crippen LogP contribution is 2.32. The molecule has 0 heterocycles. The Morgan fingerprint density at radius 2 is 1.52 bits per heavy atom. The molecule has 0 aliphatic heterocycles. The molecule has 3 amide bonds. The van der Waals surface area contributed by atoms with E-state index >= 15 is 0 Å². The average molecular weight is 570 g/mol. The highest BCUT2D eigenvalue weighted by Gasteiger charge is 2.42. The van der Waals surface area contributed by atoms with Gasteiger partial charge in [0.15, 0.2) is 0 Å². The zero-order valence-electron chi connectivity index (χ0n) is 25.9.